The van der Waals surface area contributed by atoms with E-state index in [9.17, 15) is 14.4 Å². The van der Waals surface area contributed by atoms with Crippen LogP contribution in [0.4, 0.5) is 4.79 Å². The van der Waals surface area contributed by atoms with Crippen molar-refractivity contribution in [1.82, 2.24) is 20.9 Å². The molecule has 0 radical (unpaired) electrons. The predicted octanol–water partition coefficient (Wildman–Crippen LogP) is 1.41. The topological polar surface area (TPSA) is 90.5 Å². The SMILES string of the molecule is CC1CCCCC12NC(=O)N(CC(=O)NCCC1CCCNC1)C2=O.Cl. The molecule has 0 aromatic rings. The fourth-order valence-electron chi connectivity index (χ4n) is 4.42. The molecule has 1 spiro atoms. The Morgan fingerprint density at radius 2 is 2.08 bits per heavy atom. The van der Waals surface area contributed by atoms with Crippen LogP contribution in [0.2, 0.25) is 0 Å². The Balaban J connectivity index is 0.00000243. The van der Waals surface area contributed by atoms with Crippen molar-refractivity contribution in [2.24, 2.45) is 11.8 Å². The highest BCUT2D eigenvalue weighted by Gasteiger charge is 2.55. The highest BCUT2D eigenvalue weighted by Crippen LogP contribution is 2.38. The molecule has 3 fully saturated rings. The number of carbonyl (C=O) groups is 3. The van der Waals surface area contributed by atoms with Crippen molar-refractivity contribution in [2.75, 3.05) is 26.2 Å². The van der Waals surface area contributed by atoms with Gasteiger partial charge in [-0.25, -0.2) is 4.79 Å². The number of carbonyl (C=O) groups excluding carboxylic acids is 3. The molecule has 7 nitrogen and oxygen atoms in total. The van der Waals surface area contributed by atoms with E-state index in [1.165, 1.54) is 12.8 Å². The maximum Gasteiger partial charge on any atom is 0.325 e. The Morgan fingerprint density at radius 3 is 2.77 bits per heavy atom. The third-order valence-electron chi connectivity index (χ3n) is 6.08. The molecule has 2 saturated heterocycles. The Morgan fingerprint density at radius 1 is 1.27 bits per heavy atom. The predicted molar refractivity (Wildman–Crippen MR) is 101 cm³/mol. The Kier molecular flexibility index (Phi) is 7.29. The number of hydrogen-bond acceptors (Lipinski definition) is 4. The number of rotatable bonds is 5. The number of amides is 4. The van der Waals surface area contributed by atoms with Gasteiger partial charge >= 0.3 is 6.03 Å². The van der Waals surface area contributed by atoms with Gasteiger partial charge in [0.1, 0.15) is 12.1 Å². The van der Waals surface area contributed by atoms with Crippen LogP contribution in [-0.2, 0) is 9.59 Å². The lowest BCUT2D eigenvalue weighted by Gasteiger charge is -2.36. The van der Waals surface area contributed by atoms with E-state index in [-0.39, 0.29) is 36.7 Å². The van der Waals surface area contributed by atoms with Crippen LogP contribution in [-0.4, -0.2) is 54.5 Å². The van der Waals surface area contributed by atoms with Gasteiger partial charge in [-0.3, -0.25) is 14.5 Å². The standard InChI is InChI=1S/C18H30N4O3.ClH/c1-13-5-2-3-8-18(13)16(24)22(17(25)21-18)12-15(23)20-10-7-14-6-4-9-19-11-14;/h13-14,19H,2-12H2,1H3,(H,20,23)(H,21,25);1H. The Labute approximate surface area is 161 Å². The van der Waals surface area contributed by atoms with E-state index >= 15 is 0 Å². The van der Waals surface area contributed by atoms with Gasteiger partial charge in [0.2, 0.25) is 5.91 Å². The average Bonchev–Trinajstić information content (AvgIpc) is 2.84. The molecule has 148 valence electrons. The number of nitrogens with zero attached hydrogens (tertiary/aromatic N) is 1. The summed E-state index contributed by atoms with van der Waals surface area (Å²) in [5.74, 6) is 0.228. The zero-order chi connectivity index (χ0) is 17.9. The molecule has 4 amide bonds. The van der Waals surface area contributed by atoms with E-state index in [0.717, 1.165) is 43.7 Å². The molecule has 2 heterocycles. The number of nitrogens with one attached hydrogen (secondary N) is 3. The molecule has 2 aliphatic heterocycles. The van der Waals surface area contributed by atoms with Gasteiger partial charge in [0.05, 0.1) is 0 Å². The summed E-state index contributed by atoms with van der Waals surface area (Å²) in [6, 6.07) is -0.426. The van der Waals surface area contributed by atoms with Gasteiger partial charge in [-0.1, -0.05) is 19.8 Å². The molecule has 1 saturated carbocycles. The molecule has 3 unspecified atom stereocenters. The molecule has 26 heavy (non-hydrogen) atoms. The number of imide groups is 1. The maximum atomic E-state index is 12.8. The molecule has 3 rings (SSSR count). The third kappa shape index (κ3) is 4.31. The van der Waals surface area contributed by atoms with Gasteiger partial charge < -0.3 is 16.0 Å². The smallest absolute Gasteiger partial charge is 0.325 e. The van der Waals surface area contributed by atoms with E-state index in [4.69, 9.17) is 0 Å². The van der Waals surface area contributed by atoms with Crippen molar-refractivity contribution in [3.63, 3.8) is 0 Å². The molecule has 0 aromatic carbocycles. The van der Waals surface area contributed by atoms with Gasteiger partial charge in [0, 0.05) is 6.54 Å². The second-order valence-electron chi connectivity index (χ2n) is 7.79. The van der Waals surface area contributed by atoms with Gasteiger partial charge in [-0.15, -0.1) is 12.4 Å². The first kappa shape index (κ1) is 21.0. The van der Waals surface area contributed by atoms with Crippen molar-refractivity contribution in [3.05, 3.63) is 0 Å². The summed E-state index contributed by atoms with van der Waals surface area (Å²) in [6.07, 6.45) is 6.93. The van der Waals surface area contributed by atoms with Gasteiger partial charge in [-0.05, 0) is 57.0 Å². The van der Waals surface area contributed by atoms with Crippen LogP contribution in [0.15, 0.2) is 0 Å². The lowest BCUT2D eigenvalue weighted by atomic mass is 9.73. The second kappa shape index (κ2) is 9.04. The van der Waals surface area contributed by atoms with Crippen LogP contribution in [0.25, 0.3) is 0 Å². The van der Waals surface area contributed by atoms with E-state index in [1.54, 1.807) is 0 Å². The molecule has 0 bridgehead atoms. The van der Waals surface area contributed by atoms with Crippen molar-refractivity contribution < 1.29 is 14.4 Å². The van der Waals surface area contributed by atoms with Gasteiger partial charge in [-0.2, -0.15) is 0 Å². The minimum absolute atomic E-state index is 0. The van der Waals surface area contributed by atoms with Crippen LogP contribution in [0.5, 0.6) is 0 Å². The lowest BCUT2D eigenvalue weighted by molar-refractivity contribution is -0.137. The van der Waals surface area contributed by atoms with Crippen LogP contribution >= 0.6 is 12.4 Å². The summed E-state index contributed by atoms with van der Waals surface area (Å²) in [7, 11) is 0. The molecule has 1 aliphatic carbocycles. The first-order chi connectivity index (χ1) is 12.0. The van der Waals surface area contributed by atoms with E-state index in [1.807, 2.05) is 6.92 Å². The van der Waals surface area contributed by atoms with Crippen molar-refractivity contribution in [2.45, 2.75) is 57.4 Å². The average molecular weight is 387 g/mol. The Bertz CT molecular complexity index is 539. The zero-order valence-electron chi connectivity index (χ0n) is 15.5. The van der Waals surface area contributed by atoms with Gasteiger partial charge in [0.15, 0.2) is 0 Å². The normalized spacial score (nSPS) is 31.5. The summed E-state index contributed by atoms with van der Waals surface area (Å²) in [5.41, 5.74) is -0.788. The highest BCUT2D eigenvalue weighted by molar-refractivity contribution is 6.09. The van der Waals surface area contributed by atoms with Gasteiger partial charge in [0.25, 0.3) is 5.91 Å². The van der Waals surface area contributed by atoms with Crippen molar-refractivity contribution in [3.8, 4) is 0 Å². The number of hydrogen-bond donors (Lipinski definition) is 3. The molecule has 3 N–H and O–H groups in total. The van der Waals surface area contributed by atoms with Crippen molar-refractivity contribution >= 4 is 30.3 Å². The summed E-state index contributed by atoms with van der Waals surface area (Å²) >= 11 is 0. The minimum atomic E-state index is -0.788. The van der Waals surface area contributed by atoms with Crippen LogP contribution in [0.1, 0.15) is 51.9 Å². The fraction of sp³-hybridized carbons (Fsp3) is 0.833. The summed E-state index contributed by atoms with van der Waals surface area (Å²) < 4.78 is 0. The molecular formula is C18H31ClN4O3. The first-order valence-corrected chi connectivity index (χ1v) is 9.64. The molecule has 0 aromatic heterocycles. The third-order valence-corrected chi connectivity index (χ3v) is 6.08. The number of halogens is 1. The van der Waals surface area contributed by atoms with E-state index in [0.29, 0.717) is 18.9 Å². The first-order valence-electron chi connectivity index (χ1n) is 9.64. The number of urea groups is 1. The van der Waals surface area contributed by atoms with E-state index < -0.39 is 11.6 Å². The number of piperidine rings is 1. The van der Waals surface area contributed by atoms with E-state index in [2.05, 4.69) is 16.0 Å². The fourth-order valence-corrected chi connectivity index (χ4v) is 4.42. The molecule has 3 atom stereocenters. The van der Waals surface area contributed by atoms with Crippen LogP contribution < -0.4 is 16.0 Å². The molecular weight excluding hydrogens is 356 g/mol. The van der Waals surface area contributed by atoms with Crippen LogP contribution in [0.3, 0.4) is 0 Å². The highest BCUT2D eigenvalue weighted by atomic mass is 35.5. The lowest BCUT2D eigenvalue weighted by Crippen LogP contribution is -2.54. The second-order valence-corrected chi connectivity index (χ2v) is 7.79. The molecule has 3 aliphatic rings. The Hall–Kier alpha value is -1.34. The molecule has 8 heteroatoms. The summed E-state index contributed by atoms with van der Waals surface area (Å²) in [6.45, 7) is 4.51. The quantitative estimate of drug-likeness (QED) is 0.623. The maximum absolute atomic E-state index is 12.8. The van der Waals surface area contributed by atoms with Crippen LogP contribution in [0, 0.1) is 11.8 Å². The largest absolute Gasteiger partial charge is 0.355 e. The summed E-state index contributed by atoms with van der Waals surface area (Å²) in [5, 5.41) is 9.10. The summed E-state index contributed by atoms with van der Waals surface area (Å²) in [4.78, 5) is 38.4. The minimum Gasteiger partial charge on any atom is -0.355 e. The van der Waals surface area contributed by atoms with Crippen molar-refractivity contribution in [1.29, 1.82) is 0 Å². The zero-order valence-corrected chi connectivity index (χ0v) is 16.3. The monoisotopic (exact) mass is 386 g/mol.